The van der Waals surface area contributed by atoms with E-state index in [0.29, 0.717) is 0 Å². The van der Waals surface area contributed by atoms with E-state index in [1.54, 1.807) is 0 Å². The maximum Gasteiger partial charge on any atom is 0.128 e. The van der Waals surface area contributed by atoms with Gasteiger partial charge in [-0.25, -0.2) is 0 Å². The molecule has 2 aromatic carbocycles. The summed E-state index contributed by atoms with van der Waals surface area (Å²) in [6.07, 6.45) is 4.84. The molecule has 0 N–H and O–H groups in total. The van der Waals surface area contributed by atoms with Crippen LogP contribution >= 0.6 is 11.8 Å². The fourth-order valence-electron chi connectivity index (χ4n) is 3.16. The highest BCUT2D eigenvalue weighted by Gasteiger charge is 2.38. The van der Waals surface area contributed by atoms with Gasteiger partial charge in [-0.2, -0.15) is 15.0 Å². The molecule has 0 amide bonds. The van der Waals surface area contributed by atoms with E-state index >= 15 is 0 Å². The van der Waals surface area contributed by atoms with Crippen molar-refractivity contribution >= 4 is 22.8 Å². The first kappa shape index (κ1) is 13.8. The van der Waals surface area contributed by atoms with Gasteiger partial charge in [0.25, 0.3) is 0 Å². The van der Waals surface area contributed by atoms with Crippen LogP contribution in [0.1, 0.15) is 31.2 Å². The van der Waals surface area contributed by atoms with Gasteiger partial charge in [0, 0.05) is 5.75 Å². The lowest BCUT2D eigenvalue weighted by atomic mass is 10.2. The van der Waals surface area contributed by atoms with Crippen LogP contribution in [0.2, 0.25) is 0 Å². The molecule has 3 nitrogen and oxygen atoms in total. The van der Waals surface area contributed by atoms with Crippen molar-refractivity contribution in [3.05, 3.63) is 60.2 Å². The summed E-state index contributed by atoms with van der Waals surface area (Å²) in [4.78, 5) is 2.02. The van der Waals surface area contributed by atoms with Gasteiger partial charge in [0.05, 0.1) is 0 Å². The van der Waals surface area contributed by atoms with Crippen LogP contribution in [0, 0.1) is 0 Å². The van der Waals surface area contributed by atoms with Gasteiger partial charge in [0.2, 0.25) is 0 Å². The summed E-state index contributed by atoms with van der Waals surface area (Å²) in [5, 5.41) is 9.53. The van der Waals surface area contributed by atoms with Crippen LogP contribution in [0.3, 0.4) is 0 Å². The van der Waals surface area contributed by atoms with Crippen molar-refractivity contribution in [2.75, 3.05) is 0 Å². The number of aromatic nitrogens is 3. The van der Waals surface area contributed by atoms with Crippen LogP contribution in [-0.4, -0.2) is 15.0 Å². The molecule has 22 heavy (non-hydrogen) atoms. The van der Waals surface area contributed by atoms with Gasteiger partial charge in [-0.15, -0.1) is 11.8 Å². The van der Waals surface area contributed by atoms with Crippen LogP contribution in [0.4, 0.5) is 0 Å². The fourth-order valence-corrected chi connectivity index (χ4v) is 4.57. The third-order valence-corrected chi connectivity index (χ3v) is 5.97. The zero-order valence-electron chi connectivity index (χ0n) is 12.5. The molecule has 4 rings (SSSR count). The summed E-state index contributed by atoms with van der Waals surface area (Å²) >= 11 is 1.99. The van der Waals surface area contributed by atoms with Crippen molar-refractivity contribution in [1.82, 2.24) is 15.0 Å². The Morgan fingerprint density at radius 1 is 0.864 bits per heavy atom. The van der Waals surface area contributed by atoms with E-state index in [9.17, 15) is 0 Å². The topological polar surface area (TPSA) is 30.7 Å². The summed E-state index contributed by atoms with van der Waals surface area (Å²) < 4.78 is 0. The fraction of sp³-hybridized carbons (Fsp3) is 0.333. The minimum absolute atomic E-state index is 0.0227. The van der Waals surface area contributed by atoms with Gasteiger partial charge in [0.15, 0.2) is 0 Å². The highest BCUT2D eigenvalue weighted by molar-refractivity contribution is 7.99. The molecule has 0 spiro atoms. The molecule has 1 aliphatic rings. The number of hydrogen-bond acceptors (Lipinski definition) is 3. The zero-order valence-corrected chi connectivity index (χ0v) is 13.3. The number of nitrogens with zero attached hydrogens (tertiary/aromatic N) is 3. The lowest BCUT2D eigenvalue weighted by Gasteiger charge is -2.27. The van der Waals surface area contributed by atoms with Gasteiger partial charge in [0.1, 0.15) is 15.9 Å². The maximum absolute atomic E-state index is 4.76. The van der Waals surface area contributed by atoms with Crippen molar-refractivity contribution in [2.45, 2.75) is 36.3 Å². The molecular formula is C18H19N3S. The van der Waals surface area contributed by atoms with E-state index in [-0.39, 0.29) is 4.87 Å². The monoisotopic (exact) mass is 309 g/mol. The smallest absolute Gasteiger partial charge is 0.128 e. The van der Waals surface area contributed by atoms with Gasteiger partial charge < -0.3 is 0 Å². The molecule has 0 atom stereocenters. The first-order valence-electron chi connectivity index (χ1n) is 7.86. The molecule has 0 saturated heterocycles. The second kappa shape index (κ2) is 5.76. The van der Waals surface area contributed by atoms with Gasteiger partial charge in [-0.3, -0.25) is 0 Å². The average molecular weight is 309 g/mol. The highest BCUT2D eigenvalue weighted by Crippen LogP contribution is 2.46. The Hall–Kier alpha value is -1.81. The molecule has 1 heterocycles. The quantitative estimate of drug-likeness (QED) is 0.706. The number of fused-ring (bicyclic) bond motifs is 1. The van der Waals surface area contributed by atoms with Gasteiger partial charge in [-0.05, 0) is 43.4 Å². The third-order valence-electron chi connectivity index (χ3n) is 4.39. The second-order valence-electron chi connectivity index (χ2n) is 5.91. The molecule has 1 aromatic heterocycles. The Balaban J connectivity index is 1.64. The molecule has 1 fully saturated rings. The Bertz CT molecular complexity index is 727. The van der Waals surface area contributed by atoms with Crippen molar-refractivity contribution in [3.63, 3.8) is 0 Å². The summed E-state index contributed by atoms with van der Waals surface area (Å²) in [5.74, 6) is 1.01. The maximum atomic E-state index is 4.76. The second-order valence-corrected chi connectivity index (χ2v) is 7.24. The Morgan fingerprint density at radius 2 is 1.45 bits per heavy atom. The van der Waals surface area contributed by atoms with E-state index in [1.807, 2.05) is 40.8 Å². The Morgan fingerprint density at radius 3 is 2.09 bits per heavy atom. The average Bonchev–Trinajstić information content (AvgIpc) is 3.21. The number of rotatable bonds is 4. The van der Waals surface area contributed by atoms with Gasteiger partial charge in [-0.1, -0.05) is 42.5 Å². The summed E-state index contributed by atoms with van der Waals surface area (Å²) in [6, 6.07) is 18.8. The Labute approximate surface area is 134 Å². The molecule has 112 valence electrons. The summed E-state index contributed by atoms with van der Waals surface area (Å²) in [5.41, 5.74) is 3.36. The standard InChI is InChI=1S/C18H19N3S/c1-2-8-15(9-3-1)14-22-18(12-6-7-13-18)21-19-16-10-4-5-11-17(16)20-21/h1-5,8-11H,6-7,12-14H2. The molecule has 1 saturated carbocycles. The van der Waals surface area contributed by atoms with Crippen molar-refractivity contribution in [1.29, 1.82) is 0 Å². The van der Waals surface area contributed by atoms with E-state index in [0.717, 1.165) is 29.6 Å². The summed E-state index contributed by atoms with van der Waals surface area (Å²) in [7, 11) is 0. The third kappa shape index (κ3) is 2.52. The first-order valence-corrected chi connectivity index (χ1v) is 8.85. The van der Waals surface area contributed by atoms with E-state index in [4.69, 9.17) is 10.2 Å². The van der Waals surface area contributed by atoms with Gasteiger partial charge >= 0.3 is 0 Å². The molecular weight excluding hydrogens is 290 g/mol. The highest BCUT2D eigenvalue weighted by atomic mass is 32.2. The molecule has 4 heteroatoms. The number of hydrogen-bond donors (Lipinski definition) is 0. The molecule has 0 unspecified atom stereocenters. The van der Waals surface area contributed by atoms with Crippen molar-refractivity contribution in [3.8, 4) is 0 Å². The minimum atomic E-state index is 0.0227. The molecule has 1 aliphatic carbocycles. The van der Waals surface area contributed by atoms with Crippen molar-refractivity contribution in [2.24, 2.45) is 0 Å². The predicted molar refractivity (Wildman–Crippen MR) is 91.7 cm³/mol. The lowest BCUT2D eigenvalue weighted by Crippen LogP contribution is -2.29. The normalized spacial score (nSPS) is 17.1. The van der Waals surface area contributed by atoms with Crippen LogP contribution in [0.25, 0.3) is 11.0 Å². The van der Waals surface area contributed by atoms with Crippen LogP contribution < -0.4 is 0 Å². The van der Waals surface area contributed by atoms with Crippen LogP contribution in [0.15, 0.2) is 54.6 Å². The summed E-state index contributed by atoms with van der Waals surface area (Å²) in [6.45, 7) is 0. The SMILES string of the molecule is c1ccc(CSC2(n3nc4ccccc4n3)CCCC2)cc1. The molecule has 0 bridgehead atoms. The van der Waals surface area contributed by atoms with E-state index < -0.39 is 0 Å². The van der Waals surface area contributed by atoms with Crippen molar-refractivity contribution < 1.29 is 0 Å². The molecule has 3 aromatic rings. The molecule has 0 radical (unpaired) electrons. The lowest BCUT2D eigenvalue weighted by molar-refractivity contribution is 0.369. The molecule has 0 aliphatic heterocycles. The predicted octanol–water partition coefficient (Wildman–Crippen LogP) is 4.59. The number of thioether (sulfide) groups is 1. The Kier molecular flexibility index (Phi) is 3.62. The minimum Gasteiger partial charge on any atom is -0.167 e. The van der Waals surface area contributed by atoms with Crippen LogP contribution in [0.5, 0.6) is 0 Å². The first-order chi connectivity index (χ1) is 10.9. The van der Waals surface area contributed by atoms with E-state index in [2.05, 4.69) is 30.3 Å². The largest absolute Gasteiger partial charge is 0.167 e. The zero-order chi connectivity index (χ0) is 14.8. The van der Waals surface area contributed by atoms with E-state index in [1.165, 1.54) is 18.4 Å². The number of benzene rings is 2. The van der Waals surface area contributed by atoms with Crippen LogP contribution in [-0.2, 0) is 10.6 Å².